The van der Waals surface area contributed by atoms with E-state index in [-0.39, 0.29) is 42.6 Å². The molecule has 0 aliphatic rings. The molecule has 1 heterocycles. The third-order valence-electron chi connectivity index (χ3n) is 5.09. The Morgan fingerprint density at radius 2 is 1.60 bits per heavy atom. The minimum absolute atomic E-state index is 0.181. The lowest BCUT2D eigenvalue weighted by atomic mass is 10.1. The Bertz CT molecular complexity index is 1230. The fourth-order valence-electron chi connectivity index (χ4n) is 3.54. The lowest BCUT2D eigenvalue weighted by Gasteiger charge is -2.13. The molecule has 8 heteroatoms. The number of nitrogens with zero attached hydrogens (tertiary/aromatic N) is 2. The van der Waals surface area contributed by atoms with Gasteiger partial charge in [-0.05, 0) is 39.8 Å². The number of benzene rings is 2. The lowest BCUT2D eigenvalue weighted by molar-refractivity contribution is -0.142. The van der Waals surface area contributed by atoms with Gasteiger partial charge in [0.15, 0.2) is 5.82 Å². The number of aryl methyl sites for hydroxylation is 2. The van der Waals surface area contributed by atoms with E-state index < -0.39 is 11.9 Å². The molecule has 3 rings (SSSR count). The average molecular weight is 476 g/mol. The van der Waals surface area contributed by atoms with E-state index in [1.54, 1.807) is 49.6 Å². The molecule has 35 heavy (non-hydrogen) atoms. The maximum Gasteiger partial charge on any atom is 0.332 e. The van der Waals surface area contributed by atoms with Crippen molar-refractivity contribution < 1.29 is 23.9 Å². The Balaban J connectivity index is 2.12. The topological polar surface area (TPSA) is 99.5 Å². The molecule has 0 saturated heterocycles. The maximum absolute atomic E-state index is 13.7. The number of carbonyl (C=O) groups is 3. The van der Waals surface area contributed by atoms with Crippen molar-refractivity contribution in [3.05, 3.63) is 89.0 Å². The van der Waals surface area contributed by atoms with Crippen LogP contribution in [0.5, 0.6) is 0 Å². The number of carbonyl (C=O) groups excluding carboxylic acids is 3. The summed E-state index contributed by atoms with van der Waals surface area (Å²) in [5.74, 6) is -0.633. The zero-order valence-electron chi connectivity index (χ0n) is 20.3. The number of aromatic nitrogens is 2. The third-order valence-corrected chi connectivity index (χ3v) is 5.09. The summed E-state index contributed by atoms with van der Waals surface area (Å²) in [6, 6.07) is 16.6. The summed E-state index contributed by atoms with van der Waals surface area (Å²) in [5, 5.41) is 3.03. The van der Waals surface area contributed by atoms with Crippen LogP contribution in [0.25, 0.3) is 5.69 Å². The van der Waals surface area contributed by atoms with Crippen molar-refractivity contribution in [2.45, 2.75) is 34.1 Å². The monoisotopic (exact) mass is 475 g/mol. The second-order valence-corrected chi connectivity index (χ2v) is 7.75. The number of rotatable bonds is 10. The second-order valence-electron chi connectivity index (χ2n) is 7.75. The molecular weight excluding hydrogens is 446 g/mol. The molecule has 0 fully saturated rings. The number of hydrogen-bond acceptors (Lipinski definition) is 7. The van der Waals surface area contributed by atoms with Gasteiger partial charge in [-0.2, -0.15) is 0 Å². The Hall–Kier alpha value is -4.20. The van der Waals surface area contributed by atoms with E-state index in [0.29, 0.717) is 11.4 Å². The Kier molecular flexibility index (Phi) is 8.56. The molecule has 3 aromatic rings. The van der Waals surface area contributed by atoms with Gasteiger partial charge in [0.2, 0.25) is 5.78 Å². The minimum atomic E-state index is -0.620. The highest BCUT2D eigenvalue weighted by atomic mass is 16.5. The van der Waals surface area contributed by atoms with Gasteiger partial charge >= 0.3 is 11.9 Å². The Morgan fingerprint density at radius 3 is 2.23 bits per heavy atom. The van der Waals surface area contributed by atoms with Crippen LogP contribution in [-0.2, 0) is 19.1 Å². The first-order valence-corrected chi connectivity index (χ1v) is 11.4. The summed E-state index contributed by atoms with van der Waals surface area (Å²) in [6.45, 7) is 7.53. The molecule has 0 bridgehead atoms. The van der Waals surface area contributed by atoms with Gasteiger partial charge in [0.1, 0.15) is 11.5 Å². The summed E-state index contributed by atoms with van der Waals surface area (Å²) in [5.41, 5.74) is 2.79. The van der Waals surface area contributed by atoms with E-state index in [1.807, 2.05) is 37.3 Å². The predicted molar refractivity (Wildman–Crippen MR) is 133 cm³/mol. The van der Waals surface area contributed by atoms with Gasteiger partial charge in [-0.1, -0.05) is 48.0 Å². The number of esters is 2. The third kappa shape index (κ3) is 6.44. The van der Waals surface area contributed by atoms with E-state index in [1.165, 1.54) is 6.08 Å². The molecule has 0 aliphatic heterocycles. The van der Waals surface area contributed by atoms with Gasteiger partial charge in [-0.3, -0.25) is 14.2 Å². The van der Waals surface area contributed by atoms with Crippen molar-refractivity contribution in [1.29, 1.82) is 0 Å². The molecule has 0 unspecified atom stereocenters. The van der Waals surface area contributed by atoms with Gasteiger partial charge < -0.3 is 14.8 Å². The fraction of sp³-hybridized carbons (Fsp3) is 0.259. The van der Waals surface area contributed by atoms with Crippen molar-refractivity contribution in [3.63, 3.8) is 0 Å². The van der Waals surface area contributed by atoms with Gasteiger partial charge in [0, 0.05) is 23.0 Å². The zero-order chi connectivity index (χ0) is 25.4. The molecule has 0 atom stereocenters. The van der Waals surface area contributed by atoms with E-state index >= 15 is 0 Å². The molecule has 182 valence electrons. The molecular formula is C27H29N3O5. The molecule has 0 aliphatic carbocycles. The van der Waals surface area contributed by atoms with Crippen LogP contribution in [0, 0.1) is 13.8 Å². The number of hydrogen-bond donors (Lipinski definition) is 1. The van der Waals surface area contributed by atoms with Crippen LogP contribution in [0.15, 0.2) is 66.4 Å². The Morgan fingerprint density at radius 1 is 0.943 bits per heavy atom. The van der Waals surface area contributed by atoms with E-state index in [9.17, 15) is 14.4 Å². The molecule has 0 spiro atoms. The number of nitrogens with one attached hydrogen (secondary N) is 1. The summed E-state index contributed by atoms with van der Waals surface area (Å²) in [4.78, 5) is 42.6. The zero-order valence-corrected chi connectivity index (χ0v) is 20.3. The van der Waals surface area contributed by atoms with Crippen molar-refractivity contribution in [2.75, 3.05) is 18.5 Å². The quantitative estimate of drug-likeness (QED) is 0.261. The number of ether oxygens (including phenoxy) is 2. The first-order chi connectivity index (χ1) is 16.8. The summed E-state index contributed by atoms with van der Waals surface area (Å²) >= 11 is 0. The van der Waals surface area contributed by atoms with Crippen LogP contribution < -0.4 is 5.32 Å². The minimum Gasteiger partial charge on any atom is -0.466 e. The predicted octanol–water partition coefficient (Wildman–Crippen LogP) is 4.53. The van der Waals surface area contributed by atoms with Crippen molar-refractivity contribution in [3.8, 4) is 5.69 Å². The maximum atomic E-state index is 13.7. The van der Waals surface area contributed by atoms with Crippen LogP contribution in [-0.4, -0.2) is 40.5 Å². The standard InChI is InChI=1S/C27H29N3O5/c1-5-34-23(31)16-21(17-24(32)35-6-2)29-27-25(26(33)20-10-8-7-9-11-20)30(19(4)28-27)22-14-12-18(3)13-15-22/h7-16,29H,5-6,17H2,1-4H3. The van der Waals surface area contributed by atoms with Crippen molar-refractivity contribution >= 4 is 23.5 Å². The summed E-state index contributed by atoms with van der Waals surface area (Å²) < 4.78 is 11.8. The average Bonchev–Trinajstić information content (AvgIpc) is 3.15. The second kappa shape index (κ2) is 11.8. The van der Waals surface area contributed by atoms with Crippen LogP contribution in [0.2, 0.25) is 0 Å². The van der Waals surface area contributed by atoms with Crippen LogP contribution in [0.3, 0.4) is 0 Å². The molecule has 1 aromatic heterocycles. The first kappa shape index (κ1) is 25.4. The number of ketones is 1. The van der Waals surface area contributed by atoms with Crippen molar-refractivity contribution in [1.82, 2.24) is 9.55 Å². The highest BCUT2D eigenvalue weighted by molar-refractivity contribution is 6.11. The number of anilines is 1. The highest BCUT2D eigenvalue weighted by Crippen LogP contribution is 2.27. The first-order valence-electron chi connectivity index (χ1n) is 11.4. The lowest BCUT2D eigenvalue weighted by Crippen LogP contribution is -2.16. The normalized spacial score (nSPS) is 11.1. The molecule has 1 N–H and O–H groups in total. The summed E-state index contributed by atoms with van der Waals surface area (Å²) in [7, 11) is 0. The summed E-state index contributed by atoms with van der Waals surface area (Å²) in [6.07, 6.45) is 0.958. The van der Waals surface area contributed by atoms with E-state index in [2.05, 4.69) is 10.3 Å². The van der Waals surface area contributed by atoms with E-state index in [0.717, 1.165) is 11.3 Å². The molecule has 2 aromatic carbocycles. The largest absolute Gasteiger partial charge is 0.466 e. The van der Waals surface area contributed by atoms with Crippen molar-refractivity contribution in [2.24, 2.45) is 0 Å². The SMILES string of the molecule is CCOC(=O)C=C(CC(=O)OCC)Nc1nc(C)n(-c2ccc(C)cc2)c1C(=O)c1ccccc1. The van der Waals surface area contributed by atoms with Gasteiger partial charge in [-0.15, -0.1) is 0 Å². The highest BCUT2D eigenvalue weighted by Gasteiger charge is 2.25. The van der Waals surface area contributed by atoms with Gasteiger partial charge in [-0.25, -0.2) is 9.78 Å². The molecule has 0 radical (unpaired) electrons. The van der Waals surface area contributed by atoms with E-state index in [4.69, 9.17) is 9.47 Å². The number of imidazole rings is 1. The van der Waals surface area contributed by atoms with Crippen LogP contribution in [0.1, 0.15) is 47.7 Å². The van der Waals surface area contributed by atoms with Crippen LogP contribution in [0.4, 0.5) is 5.82 Å². The molecule has 0 amide bonds. The Labute approximate surface area is 204 Å². The molecule has 0 saturated carbocycles. The van der Waals surface area contributed by atoms with Gasteiger partial charge in [0.25, 0.3) is 0 Å². The molecule has 8 nitrogen and oxygen atoms in total. The van der Waals surface area contributed by atoms with Gasteiger partial charge in [0.05, 0.1) is 19.6 Å². The fourth-order valence-corrected chi connectivity index (χ4v) is 3.54. The van der Waals surface area contributed by atoms with Crippen LogP contribution >= 0.6 is 0 Å². The smallest absolute Gasteiger partial charge is 0.332 e.